The number of carbonyl (C=O) groups is 1. The molecular weight excluding hydrogens is 468 g/mol. The van der Waals surface area contributed by atoms with Gasteiger partial charge in [-0.2, -0.15) is 21.6 Å². The number of fused-ring (bicyclic) bond motifs is 1. The van der Waals surface area contributed by atoms with Gasteiger partial charge in [-0.15, -0.1) is 0 Å². The van der Waals surface area contributed by atoms with Crippen LogP contribution in [0.2, 0.25) is 10.0 Å². The molecule has 6 nitrogen and oxygen atoms in total. The molecule has 0 aliphatic heterocycles. The van der Waals surface area contributed by atoms with Gasteiger partial charge < -0.3 is 9.72 Å². The van der Waals surface area contributed by atoms with Gasteiger partial charge >= 0.3 is 21.5 Å². The number of benzene rings is 2. The number of aromatic nitrogens is 1. The maximum Gasteiger partial charge on any atom is 0.516 e. The molecule has 0 spiro atoms. The van der Waals surface area contributed by atoms with Gasteiger partial charge in [0.25, 0.3) is 0 Å². The molecule has 0 saturated heterocycles. The predicted molar refractivity (Wildman–Crippen MR) is 107 cm³/mol. The van der Waals surface area contributed by atoms with Crippen LogP contribution in [0.4, 0.5) is 19.0 Å². The molecule has 0 atom stereocenters. The number of H-pyrrole nitrogens is 1. The SMILES string of the molecule is CC(=O)Oc1ccc2[nH]c(N(Cc3ccc(Cl)c(Cl)c3)S(=O)(=O)C(F)(F)F)cc2c1. The first-order chi connectivity index (χ1) is 13.9. The molecule has 1 aromatic heterocycles. The first-order valence-electron chi connectivity index (χ1n) is 8.22. The third kappa shape index (κ3) is 4.50. The summed E-state index contributed by atoms with van der Waals surface area (Å²) >= 11 is 11.7. The highest BCUT2D eigenvalue weighted by atomic mass is 35.5. The van der Waals surface area contributed by atoms with Gasteiger partial charge in [0.1, 0.15) is 11.6 Å². The molecule has 1 heterocycles. The lowest BCUT2D eigenvalue weighted by molar-refractivity contribution is -0.131. The quantitative estimate of drug-likeness (QED) is 0.399. The van der Waals surface area contributed by atoms with Gasteiger partial charge in [-0.3, -0.25) is 4.79 Å². The van der Waals surface area contributed by atoms with E-state index in [0.717, 1.165) is 0 Å². The highest BCUT2D eigenvalue weighted by Gasteiger charge is 2.50. The van der Waals surface area contributed by atoms with Crippen LogP contribution < -0.4 is 9.04 Å². The lowest BCUT2D eigenvalue weighted by Crippen LogP contribution is -2.40. The Labute approximate surface area is 179 Å². The third-order valence-corrected chi connectivity index (χ3v) is 6.23. The number of rotatable bonds is 5. The minimum Gasteiger partial charge on any atom is -0.427 e. The van der Waals surface area contributed by atoms with E-state index in [9.17, 15) is 26.4 Å². The fourth-order valence-corrected chi connectivity index (χ4v) is 3.93. The number of ether oxygens (including phenoxy) is 1. The number of carbonyl (C=O) groups excluding carboxylic acids is 1. The number of aromatic amines is 1. The zero-order valence-corrected chi connectivity index (χ0v) is 17.5. The number of halogens is 5. The van der Waals surface area contributed by atoms with Crippen molar-refractivity contribution >= 4 is 55.9 Å². The van der Waals surface area contributed by atoms with Gasteiger partial charge in [0.05, 0.1) is 16.6 Å². The van der Waals surface area contributed by atoms with E-state index in [-0.39, 0.29) is 31.5 Å². The normalized spacial score (nSPS) is 12.2. The van der Waals surface area contributed by atoms with Crippen molar-refractivity contribution in [2.24, 2.45) is 0 Å². The predicted octanol–water partition coefficient (Wildman–Crippen LogP) is 5.26. The highest BCUT2D eigenvalue weighted by molar-refractivity contribution is 7.93. The number of anilines is 1. The van der Waals surface area contributed by atoms with Crippen molar-refractivity contribution in [2.45, 2.75) is 19.0 Å². The number of alkyl halides is 3. The van der Waals surface area contributed by atoms with Crippen molar-refractivity contribution in [3.05, 3.63) is 58.1 Å². The molecule has 0 saturated carbocycles. The second-order valence-electron chi connectivity index (χ2n) is 6.20. The van der Waals surface area contributed by atoms with Crippen LogP contribution in [0.3, 0.4) is 0 Å². The van der Waals surface area contributed by atoms with Crippen LogP contribution >= 0.6 is 23.2 Å². The smallest absolute Gasteiger partial charge is 0.427 e. The van der Waals surface area contributed by atoms with E-state index in [1.54, 1.807) is 0 Å². The summed E-state index contributed by atoms with van der Waals surface area (Å²) in [5.74, 6) is -0.741. The summed E-state index contributed by atoms with van der Waals surface area (Å²) in [6.45, 7) is 0.546. The van der Waals surface area contributed by atoms with Crippen molar-refractivity contribution in [2.75, 3.05) is 4.31 Å². The van der Waals surface area contributed by atoms with Gasteiger partial charge in [0.15, 0.2) is 0 Å². The van der Waals surface area contributed by atoms with E-state index in [1.807, 2.05) is 0 Å². The monoisotopic (exact) mass is 480 g/mol. The summed E-state index contributed by atoms with van der Waals surface area (Å²) < 4.78 is 69.6. The van der Waals surface area contributed by atoms with Gasteiger partial charge in [-0.05, 0) is 42.0 Å². The molecule has 0 aliphatic carbocycles. The molecule has 0 fully saturated rings. The van der Waals surface area contributed by atoms with Crippen molar-refractivity contribution in [1.82, 2.24) is 4.98 Å². The molecule has 3 rings (SSSR count). The van der Waals surface area contributed by atoms with Gasteiger partial charge in [-0.25, -0.2) is 4.31 Å². The van der Waals surface area contributed by atoms with E-state index in [1.165, 1.54) is 49.4 Å². The zero-order chi connectivity index (χ0) is 22.3. The minimum absolute atomic E-state index is 0.0705. The average Bonchev–Trinajstić information content (AvgIpc) is 3.03. The second-order valence-corrected chi connectivity index (χ2v) is 8.87. The molecule has 30 heavy (non-hydrogen) atoms. The lowest BCUT2D eigenvalue weighted by atomic mass is 10.2. The molecule has 0 radical (unpaired) electrons. The molecule has 0 bridgehead atoms. The first kappa shape index (κ1) is 22.3. The Balaban J connectivity index is 2.09. The fraction of sp³-hybridized carbons (Fsp3) is 0.167. The highest BCUT2D eigenvalue weighted by Crippen LogP contribution is 2.35. The van der Waals surface area contributed by atoms with E-state index >= 15 is 0 Å². The summed E-state index contributed by atoms with van der Waals surface area (Å²) in [5.41, 5.74) is -5.00. The third-order valence-electron chi connectivity index (χ3n) is 4.00. The Hall–Kier alpha value is -2.43. The fourth-order valence-electron chi connectivity index (χ4n) is 2.69. The largest absolute Gasteiger partial charge is 0.516 e. The molecule has 160 valence electrons. The molecule has 0 unspecified atom stereocenters. The van der Waals surface area contributed by atoms with Crippen LogP contribution in [-0.2, 0) is 21.4 Å². The molecule has 12 heteroatoms. The van der Waals surface area contributed by atoms with Crippen LogP contribution in [0.25, 0.3) is 10.9 Å². The number of nitrogens with zero attached hydrogens (tertiary/aromatic N) is 1. The summed E-state index contributed by atoms with van der Waals surface area (Å²) in [5, 5.41) is 0.593. The van der Waals surface area contributed by atoms with Crippen LogP contribution in [0.1, 0.15) is 12.5 Å². The van der Waals surface area contributed by atoms with Crippen molar-refractivity contribution in [1.29, 1.82) is 0 Å². The van der Waals surface area contributed by atoms with Crippen LogP contribution in [0, 0.1) is 0 Å². The van der Waals surface area contributed by atoms with Gasteiger partial charge in [0, 0.05) is 17.8 Å². The maximum absolute atomic E-state index is 13.3. The minimum atomic E-state index is -5.75. The Bertz CT molecular complexity index is 1230. The number of hydrogen-bond acceptors (Lipinski definition) is 4. The second kappa shape index (κ2) is 8.01. The average molecular weight is 481 g/mol. The molecule has 1 N–H and O–H groups in total. The maximum atomic E-state index is 13.3. The lowest BCUT2D eigenvalue weighted by Gasteiger charge is -2.24. The molecular formula is C18H13Cl2F3N2O4S. The number of esters is 1. The van der Waals surface area contributed by atoms with Gasteiger partial charge in [0.2, 0.25) is 0 Å². The van der Waals surface area contributed by atoms with Crippen LogP contribution in [0.15, 0.2) is 42.5 Å². The van der Waals surface area contributed by atoms with E-state index < -0.39 is 28.0 Å². The summed E-state index contributed by atoms with van der Waals surface area (Å²) in [4.78, 5) is 13.7. The Morgan fingerprint density at radius 3 is 2.40 bits per heavy atom. The van der Waals surface area contributed by atoms with Crippen LogP contribution in [-0.4, -0.2) is 24.9 Å². The van der Waals surface area contributed by atoms with E-state index in [2.05, 4.69) is 4.98 Å². The molecule has 2 aromatic carbocycles. The van der Waals surface area contributed by atoms with E-state index in [4.69, 9.17) is 27.9 Å². The van der Waals surface area contributed by atoms with E-state index in [0.29, 0.717) is 10.9 Å². The topological polar surface area (TPSA) is 79.5 Å². The zero-order valence-electron chi connectivity index (χ0n) is 15.1. The van der Waals surface area contributed by atoms with Crippen LogP contribution in [0.5, 0.6) is 5.75 Å². The van der Waals surface area contributed by atoms with Crippen molar-refractivity contribution in [3.8, 4) is 5.75 Å². The van der Waals surface area contributed by atoms with Gasteiger partial charge in [-0.1, -0.05) is 29.3 Å². The summed E-state index contributed by atoms with van der Waals surface area (Å²) in [6.07, 6.45) is 0. The first-order valence-corrected chi connectivity index (χ1v) is 10.4. The van der Waals surface area contributed by atoms with Crippen molar-refractivity contribution < 1.29 is 31.1 Å². The number of sulfonamides is 1. The Morgan fingerprint density at radius 2 is 1.80 bits per heavy atom. The Morgan fingerprint density at radius 1 is 1.10 bits per heavy atom. The molecule has 0 aliphatic rings. The van der Waals surface area contributed by atoms with Crippen molar-refractivity contribution in [3.63, 3.8) is 0 Å². The molecule has 0 amide bonds. The number of hydrogen-bond donors (Lipinski definition) is 1. The Kier molecular flexibility index (Phi) is 5.94. The standard InChI is InChI=1S/C18H13Cl2F3N2O4S/c1-10(26)29-13-3-5-16-12(7-13)8-17(24-16)25(30(27,28)18(21,22)23)9-11-2-4-14(19)15(20)6-11/h2-8,24H,9H2,1H3. The molecule has 3 aromatic rings. The summed E-state index contributed by atoms with van der Waals surface area (Å²) in [7, 11) is -5.75. The summed E-state index contributed by atoms with van der Waals surface area (Å²) in [6, 6.07) is 9.49. The number of nitrogens with one attached hydrogen (secondary N) is 1.